The van der Waals surface area contributed by atoms with Gasteiger partial charge in [-0.25, -0.2) is 9.98 Å². The monoisotopic (exact) mass is 515 g/mol. The van der Waals surface area contributed by atoms with Crippen molar-refractivity contribution < 1.29 is 4.52 Å². The van der Waals surface area contributed by atoms with Crippen LogP contribution in [-0.2, 0) is 19.6 Å². The fourth-order valence-electron chi connectivity index (χ4n) is 3.46. The van der Waals surface area contributed by atoms with Crippen LogP contribution in [0.15, 0.2) is 28.0 Å². The Bertz CT molecular complexity index is 762. The third-order valence-corrected chi connectivity index (χ3v) is 4.80. The Hall–Kier alpha value is -1.62. The molecule has 1 aliphatic rings. The summed E-state index contributed by atoms with van der Waals surface area (Å²) in [4.78, 5) is 14.1. The molecule has 0 bridgehead atoms. The first-order valence-electron chi connectivity index (χ1n) is 10.2. The zero-order chi connectivity index (χ0) is 19.9. The molecule has 3 heterocycles. The maximum Gasteiger partial charge on any atom is 0.194 e. The van der Waals surface area contributed by atoms with Gasteiger partial charge < -0.3 is 19.3 Å². The van der Waals surface area contributed by atoms with Crippen molar-refractivity contribution in [2.24, 2.45) is 10.9 Å². The van der Waals surface area contributed by atoms with Crippen molar-refractivity contribution in [3.8, 4) is 0 Å². The van der Waals surface area contributed by atoms with E-state index in [9.17, 15) is 0 Å². The van der Waals surface area contributed by atoms with Gasteiger partial charge in [0.25, 0.3) is 0 Å². The Morgan fingerprint density at radius 3 is 2.66 bits per heavy atom. The topological polar surface area (TPSA) is 74.7 Å². The van der Waals surface area contributed by atoms with E-state index in [2.05, 4.69) is 50.6 Å². The predicted molar refractivity (Wildman–Crippen MR) is 125 cm³/mol. The van der Waals surface area contributed by atoms with Crippen molar-refractivity contribution in [2.45, 2.75) is 47.3 Å². The third kappa shape index (κ3) is 6.98. The highest BCUT2D eigenvalue weighted by Crippen LogP contribution is 2.10. The lowest BCUT2D eigenvalue weighted by atomic mass is 10.2. The summed E-state index contributed by atoms with van der Waals surface area (Å²) in [5.74, 6) is 3.44. The Kier molecular flexibility index (Phi) is 9.41. The molecule has 1 N–H and O–H groups in total. The van der Waals surface area contributed by atoms with E-state index < -0.39 is 0 Å². The first-order valence-corrected chi connectivity index (χ1v) is 10.2. The van der Waals surface area contributed by atoms with Crippen LogP contribution in [0.5, 0.6) is 0 Å². The minimum atomic E-state index is 0. The molecule has 0 saturated carbocycles. The van der Waals surface area contributed by atoms with Gasteiger partial charge in [0, 0.05) is 64.3 Å². The van der Waals surface area contributed by atoms with E-state index in [0.29, 0.717) is 12.5 Å². The van der Waals surface area contributed by atoms with Crippen LogP contribution in [0.2, 0.25) is 0 Å². The van der Waals surface area contributed by atoms with Crippen LogP contribution >= 0.6 is 24.0 Å². The lowest BCUT2D eigenvalue weighted by molar-refractivity contribution is 0.169. The molecule has 1 fully saturated rings. The molecule has 162 valence electrons. The maximum absolute atomic E-state index is 5.17. The van der Waals surface area contributed by atoms with Gasteiger partial charge >= 0.3 is 0 Å². The van der Waals surface area contributed by atoms with Crippen molar-refractivity contribution in [1.82, 2.24) is 29.8 Å². The fourth-order valence-corrected chi connectivity index (χ4v) is 3.46. The lowest BCUT2D eigenvalue weighted by Gasteiger charge is -2.36. The maximum atomic E-state index is 5.17. The van der Waals surface area contributed by atoms with Gasteiger partial charge in [-0.1, -0.05) is 19.0 Å². The summed E-state index contributed by atoms with van der Waals surface area (Å²) in [7, 11) is 0. The van der Waals surface area contributed by atoms with Crippen LogP contribution in [0.4, 0.5) is 0 Å². The summed E-state index contributed by atoms with van der Waals surface area (Å²) in [6.45, 7) is 15.6. The van der Waals surface area contributed by atoms with Crippen molar-refractivity contribution in [3.05, 3.63) is 35.7 Å². The van der Waals surface area contributed by atoms with Gasteiger partial charge in [-0.3, -0.25) is 4.90 Å². The summed E-state index contributed by atoms with van der Waals surface area (Å²) >= 11 is 0. The average Bonchev–Trinajstić information content (AvgIpc) is 3.27. The fraction of sp³-hybridized carbons (Fsp3) is 0.650. The molecule has 0 atom stereocenters. The quantitative estimate of drug-likeness (QED) is 0.348. The van der Waals surface area contributed by atoms with Crippen LogP contribution in [-0.4, -0.2) is 63.2 Å². The highest BCUT2D eigenvalue weighted by Gasteiger charge is 2.20. The Balaban J connectivity index is 0.00000300. The molecular formula is C20H34IN7O. The van der Waals surface area contributed by atoms with Crippen molar-refractivity contribution in [3.63, 3.8) is 0 Å². The second kappa shape index (κ2) is 11.5. The molecule has 0 radical (unpaired) electrons. The highest BCUT2D eigenvalue weighted by atomic mass is 127. The van der Waals surface area contributed by atoms with E-state index in [0.717, 1.165) is 69.1 Å². The van der Waals surface area contributed by atoms with E-state index in [1.54, 1.807) is 0 Å². The number of piperazine rings is 1. The second-order valence-corrected chi connectivity index (χ2v) is 7.75. The molecular weight excluding hydrogens is 481 g/mol. The molecule has 0 amide bonds. The van der Waals surface area contributed by atoms with Gasteiger partial charge in [-0.05, 0) is 19.8 Å². The molecule has 0 aromatic carbocycles. The molecule has 9 heteroatoms. The number of aliphatic imine (C=N–C) groups is 1. The Morgan fingerprint density at radius 2 is 2.03 bits per heavy atom. The summed E-state index contributed by atoms with van der Waals surface area (Å²) in [5, 5.41) is 7.54. The van der Waals surface area contributed by atoms with Crippen LogP contribution in [0.25, 0.3) is 0 Å². The predicted octanol–water partition coefficient (Wildman–Crippen LogP) is 2.74. The van der Waals surface area contributed by atoms with Gasteiger partial charge in [-0.2, -0.15) is 0 Å². The first kappa shape index (κ1) is 23.7. The van der Waals surface area contributed by atoms with E-state index in [1.807, 2.05) is 25.4 Å². The molecule has 2 aromatic rings. The second-order valence-electron chi connectivity index (χ2n) is 7.75. The number of guanidine groups is 1. The molecule has 29 heavy (non-hydrogen) atoms. The Labute approximate surface area is 190 Å². The van der Waals surface area contributed by atoms with Crippen molar-refractivity contribution >= 4 is 29.9 Å². The number of halogens is 1. The van der Waals surface area contributed by atoms with Crippen molar-refractivity contribution in [2.75, 3.05) is 32.7 Å². The number of hydrogen-bond acceptors (Lipinski definition) is 5. The van der Waals surface area contributed by atoms with Crippen LogP contribution in [0.3, 0.4) is 0 Å². The van der Waals surface area contributed by atoms with Gasteiger partial charge in [0.05, 0.1) is 5.69 Å². The molecule has 0 spiro atoms. The SMILES string of the molecule is CCNC(=NCc1nccn1CC(C)C)N1CCN(Cc2cc(C)on2)CC1.I. The molecule has 3 rings (SSSR count). The van der Waals surface area contributed by atoms with Crippen LogP contribution in [0.1, 0.15) is 38.0 Å². The summed E-state index contributed by atoms with van der Waals surface area (Å²) in [5.41, 5.74) is 1.00. The minimum Gasteiger partial charge on any atom is -0.361 e. The van der Waals surface area contributed by atoms with Gasteiger partial charge in [0.15, 0.2) is 5.96 Å². The van der Waals surface area contributed by atoms with Gasteiger partial charge in [0.1, 0.15) is 18.1 Å². The highest BCUT2D eigenvalue weighted by molar-refractivity contribution is 14.0. The Morgan fingerprint density at radius 1 is 1.28 bits per heavy atom. The van der Waals surface area contributed by atoms with E-state index >= 15 is 0 Å². The summed E-state index contributed by atoms with van der Waals surface area (Å²) in [6.07, 6.45) is 3.91. The molecule has 0 unspecified atom stereocenters. The average molecular weight is 515 g/mol. The zero-order valence-electron chi connectivity index (χ0n) is 18.0. The van der Waals surface area contributed by atoms with Crippen molar-refractivity contribution in [1.29, 1.82) is 0 Å². The van der Waals surface area contributed by atoms with Gasteiger partial charge in [0.2, 0.25) is 0 Å². The van der Waals surface area contributed by atoms with E-state index in [-0.39, 0.29) is 24.0 Å². The normalized spacial score (nSPS) is 15.6. The molecule has 1 aliphatic heterocycles. The number of nitrogens with one attached hydrogen (secondary N) is 1. The van der Waals surface area contributed by atoms with E-state index in [1.165, 1.54) is 0 Å². The molecule has 1 saturated heterocycles. The zero-order valence-corrected chi connectivity index (χ0v) is 20.3. The minimum absolute atomic E-state index is 0. The lowest BCUT2D eigenvalue weighted by Crippen LogP contribution is -2.52. The first-order chi connectivity index (χ1) is 13.5. The largest absolute Gasteiger partial charge is 0.361 e. The number of hydrogen-bond donors (Lipinski definition) is 1. The number of aromatic nitrogens is 3. The van der Waals surface area contributed by atoms with Gasteiger partial charge in [-0.15, -0.1) is 24.0 Å². The number of nitrogens with zero attached hydrogens (tertiary/aromatic N) is 6. The van der Waals surface area contributed by atoms with Crippen LogP contribution in [0, 0.1) is 12.8 Å². The third-order valence-electron chi connectivity index (χ3n) is 4.80. The summed E-state index contributed by atoms with van der Waals surface area (Å²) < 4.78 is 7.38. The smallest absolute Gasteiger partial charge is 0.194 e. The van der Waals surface area contributed by atoms with E-state index in [4.69, 9.17) is 9.52 Å². The molecule has 0 aliphatic carbocycles. The number of imidazole rings is 1. The molecule has 8 nitrogen and oxygen atoms in total. The molecule has 2 aromatic heterocycles. The standard InChI is InChI=1S/C20H33N7O.HI/c1-5-21-20(23-13-19-22-6-7-27(19)14-16(2)3)26-10-8-25(9-11-26)15-18-12-17(4)28-24-18;/h6-7,12,16H,5,8-11,13-15H2,1-4H3,(H,21,23);1H. The summed E-state index contributed by atoms with van der Waals surface area (Å²) in [6, 6.07) is 2.01. The number of rotatable bonds is 7. The van der Waals surface area contributed by atoms with Crippen LogP contribution < -0.4 is 5.32 Å². The number of aryl methyl sites for hydroxylation is 1.